The Balaban J connectivity index is 1.54. The molecule has 122 valence electrons. The summed E-state index contributed by atoms with van der Waals surface area (Å²) in [4.78, 5) is 30.9. The lowest BCUT2D eigenvalue weighted by atomic mass is 10.2. The van der Waals surface area contributed by atoms with Crippen molar-refractivity contribution in [2.24, 2.45) is 0 Å². The van der Waals surface area contributed by atoms with E-state index in [4.69, 9.17) is 0 Å². The van der Waals surface area contributed by atoms with E-state index in [1.165, 1.54) is 0 Å². The molecule has 0 unspecified atom stereocenters. The van der Waals surface area contributed by atoms with Crippen molar-refractivity contribution in [3.8, 4) is 0 Å². The van der Waals surface area contributed by atoms with Crippen LogP contribution < -0.4 is 10.9 Å². The van der Waals surface area contributed by atoms with E-state index in [0.717, 1.165) is 6.42 Å². The molecule has 1 aromatic carbocycles. The van der Waals surface area contributed by atoms with Crippen molar-refractivity contribution in [1.29, 1.82) is 0 Å². The number of nitrogens with one attached hydrogen (secondary N) is 2. The first kappa shape index (κ1) is 15.6. The van der Waals surface area contributed by atoms with Gasteiger partial charge in [0.05, 0.1) is 16.9 Å². The van der Waals surface area contributed by atoms with Gasteiger partial charge in [-0.1, -0.05) is 12.1 Å². The van der Waals surface area contributed by atoms with E-state index in [0.29, 0.717) is 48.8 Å². The molecule has 0 aliphatic heterocycles. The number of carbonyl (C=O) groups excluding carboxylic acids is 1. The SMILES string of the molecule is O=C(CCCc1nc2ccccc2c(=O)[nH]1)N[C@@H]1CCC[C@@H]1F. The maximum Gasteiger partial charge on any atom is 0.258 e. The van der Waals surface area contributed by atoms with Crippen LogP contribution in [-0.2, 0) is 11.2 Å². The normalized spacial score (nSPS) is 20.7. The van der Waals surface area contributed by atoms with Crippen LogP contribution in [0.3, 0.4) is 0 Å². The van der Waals surface area contributed by atoms with Crippen molar-refractivity contribution in [2.75, 3.05) is 0 Å². The highest BCUT2D eigenvalue weighted by atomic mass is 19.1. The van der Waals surface area contributed by atoms with E-state index in [2.05, 4.69) is 15.3 Å². The van der Waals surface area contributed by atoms with Crippen LogP contribution in [-0.4, -0.2) is 28.1 Å². The van der Waals surface area contributed by atoms with Gasteiger partial charge in [-0.25, -0.2) is 9.37 Å². The Morgan fingerprint density at radius 3 is 2.96 bits per heavy atom. The number of halogens is 1. The van der Waals surface area contributed by atoms with E-state index in [9.17, 15) is 14.0 Å². The molecular formula is C17H20FN3O2. The lowest BCUT2D eigenvalue weighted by molar-refractivity contribution is -0.122. The monoisotopic (exact) mass is 317 g/mol. The standard InChI is InChI=1S/C17H20FN3O2/c18-12-6-3-8-14(12)20-16(22)10-4-9-15-19-13-7-2-1-5-11(13)17(23)21-15/h1-2,5,7,12,14H,3-4,6,8-10H2,(H,20,22)(H,19,21,23)/t12-,14+/m0/s1. The summed E-state index contributed by atoms with van der Waals surface area (Å²) in [5, 5.41) is 3.31. The molecule has 1 aromatic heterocycles. The van der Waals surface area contributed by atoms with E-state index < -0.39 is 6.17 Å². The van der Waals surface area contributed by atoms with Crippen molar-refractivity contribution in [2.45, 2.75) is 50.7 Å². The third-order valence-electron chi connectivity index (χ3n) is 4.26. The van der Waals surface area contributed by atoms with Gasteiger partial charge in [0.25, 0.3) is 5.56 Å². The topological polar surface area (TPSA) is 74.8 Å². The van der Waals surface area contributed by atoms with Crippen molar-refractivity contribution in [1.82, 2.24) is 15.3 Å². The molecule has 0 radical (unpaired) electrons. The number of rotatable bonds is 5. The number of amides is 1. The molecule has 2 N–H and O–H groups in total. The molecule has 1 saturated carbocycles. The second-order valence-electron chi connectivity index (χ2n) is 6.00. The first-order valence-corrected chi connectivity index (χ1v) is 8.05. The summed E-state index contributed by atoms with van der Waals surface area (Å²) in [6.45, 7) is 0. The molecular weight excluding hydrogens is 297 g/mol. The molecule has 6 heteroatoms. The lowest BCUT2D eigenvalue weighted by Crippen LogP contribution is -2.38. The van der Waals surface area contributed by atoms with Crippen molar-refractivity contribution in [3.05, 3.63) is 40.4 Å². The zero-order valence-corrected chi connectivity index (χ0v) is 12.8. The van der Waals surface area contributed by atoms with Crippen LogP contribution in [0.15, 0.2) is 29.1 Å². The minimum Gasteiger partial charge on any atom is -0.350 e. The van der Waals surface area contributed by atoms with Gasteiger partial charge < -0.3 is 10.3 Å². The van der Waals surface area contributed by atoms with E-state index >= 15 is 0 Å². The zero-order chi connectivity index (χ0) is 16.2. The molecule has 1 aliphatic carbocycles. The van der Waals surface area contributed by atoms with Gasteiger partial charge in [-0.3, -0.25) is 9.59 Å². The van der Waals surface area contributed by atoms with Crippen LogP contribution in [0.2, 0.25) is 0 Å². The van der Waals surface area contributed by atoms with E-state index in [1.807, 2.05) is 6.07 Å². The van der Waals surface area contributed by atoms with Gasteiger partial charge in [-0.15, -0.1) is 0 Å². The number of aromatic nitrogens is 2. The largest absolute Gasteiger partial charge is 0.350 e. The minimum atomic E-state index is -0.919. The summed E-state index contributed by atoms with van der Waals surface area (Å²) in [6.07, 6.45) is 2.54. The van der Waals surface area contributed by atoms with Crippen LogP contribution in [0.4, 0.5) is 4.39 Å². The summed E-state index contributed by atoms with van der Waals surface area (Å²) >= 11 is 0. The second kappa shape index (κ2) is 6.89. The van der Waals surface area contributed by atoms with Crippen molar-refractivity contribution < 1.29 is 9.18 Å². The van der Waals surface area contributed by atoms with Gasteiger partial charge in [-0.2, -0.15) is 0 Å². The van der Waals surface area contributed by atoms with Crippen molar-refractivity contribution in [3.63, 3.8) is 0 Å². The van der Waals surface area contributed by atoms with Crippen molar-refractivity contribution >= 4 is 16.8 Å². The Bertz CT molecular complexity index is 759. The fourth-order valence-electron chi connectivity index (χ4n) is 3.03. The smallest absolute Gasteiger partial charge is 0.258 e. The Morgan fingerprint density at radius 2 is 2.17 bits per heavy atom. The summed E-state index contributed by atoms with van der Waals surface area (Å²) in [6, 6.07) is 6.82. The number of carbonyl (C=O) groups is 1. The van der Waals surface area contributed by atoms with Gasteiger partial charge in [0.15, 0.2) is 0 Å². The third-order valence-corrected chi connectivity index (χ3v) is 4.26. The molecule has 0 saturated heterocycles. The Morgan fingerprint density at radius 1 is 1.35 bits per heavy atom. The molecule has 23 heavy (non-hydrogen) atoms. The Kier molecular flexibility index (Phi) is 4.69. The number of fused-ring (bicyclic) bond motifs is 1. The number of para-hydroxylation sites is 1. The average molecular weight is 317 g/mol. The van der Waals surface area contributed by atoms with Crippen LogP contribution >= 0.6 is 0 Å². The van der Waals surface area contributed by atoms with Crippen LogP contribution in [0.1, 0.15) is 37.9 Å². The second-order valence-corrected chi connectivity index (χ2v) is 6.00. The highest BCUT2D eigenvalue weighted by molar-refractivity contribution is 5.77. The highest BCUT2D eigenvalue weighted by Gasteiger charge is 2.27. The molecule has 1 aliphatic rings. The lowest BCUT2D eigenvalue weighted by Gasteiger charge is -2.14. The number of aryl methyl sites for hydroxylation is 1. The predicted molar refractivity (Wildman–Crippen MR) is 86.0 cm³/mol. The number of hydrogen-bond acceptors (Lipinski definition) is 3. The molecule has 1 fully saturated rings. The van der Waals surface area contributed by atoms with Crippen LogP contribution in [0.25, 0.3) is 10.9 Å². The number of H-pyrrole nitrogens is 1. The van der Waals surface area contributed by atoms with Gasteiger partial charge in [0, 0.05) is 12.8 Å². The van der Waals surface area contributed by atoms with Gasteiger partial charge >= 0.3 is 0 Å². The van der Waals surface area contributed by atoms with Gasteiger partial charge in [-0.05, 0) is 37.8 Å². The molecule has 0 bridgehead atoms. The van der Waals surface area contributed by atoms with E-state index in [1.54, 1.807) is 18.2 Å². The minimum absolute atomic E-state index is 0.136. The maximum atomic E-state index is 13.5. The summed E-state index contributed by atoms with van der Waals surface area (Å²) in [7, 11) is 0. The highest BCUT2D eigenvalue weighted by Crippen LogP contribution is 2.22. The van der Waals surface area contributed by atoms with E-state index in [-0.39, 0.29) is 17.5 Å². The molecule has 1 amide bonds. The van der Waals surface area contributed by atoms with Gasteiger partial charge in [0.2, 0.25) is 5.91 Å². The predicted octanol–water partition coefficient (Wildman–Crippen LogP) is 2.25. The summed E-state index contributed by atoms with van der Waals surface area (Å²) < 4.78 is 13.5. The quantitative estimate of drug-likeness (QED) is 0.888. The number of hydrogen-bond donors (Lipinski definition) is 2. The number of aromatic amines is 1. The Labute approximate surface area is 133 Å². The number of benzene rings is 1. The van der Waals surface area contributed by atoms with Crippen LogP contribution in [0.5, 0.6) is 0 Å². The first-order chi connectivity index (χ1) is 11.1. The molecule has 3 rings (SSSR count). The molecule has 0 spiro atoms. The van der Waals surface area contributed by atoms with Gasteiger partial charge in [0.1, 0.15) is 12.0 Å². The number of nitrogens with zero attached hydrogens (tertiary/aromatic N) is 1. The Hall–Kier alpha value is -2.24. The average Bonchev–Trinajstić information content (AvgIpc) is 2.92. The number of alkyl halides is 1. The molecule has 5 nitrogen and oxygen atoms in total. The molecule has 2 atom stereocenters. The maximum absolute atomic E-state index is 13.5. The summed E-state index contributed by atoms with van der Waals surface area (Å²) in [5.41, 5.74) is 0.489. The summed E-state index contributed by atoms with van der Waals surface area (Å²) in [5.74, 6) is 0.438. The molecule has 2 aromatic rings. The fraction of sp³-hybridized carbons (Fsp3) is 0.471. The molecule has 1 heterocycles. The van der Waals surface area contributed by atoms with Crippen LogP contribution in [0, 0.1) is 0 Å². The fourth-order valence-corrected chi connectivity index (χ4v) is 3.03. The zero-order valence-electron chi connectivity index (χ0n) is 12.8. The first-order valence-electron chi connectivity index (χ1n) is 8.05. The third kappa shape index (κ3) is 3.75.